The zero-order valence-corrected chi connectivity index (χ0v) is 21.8. The first kappa shape index (κ1) is 26.5. The third-order valence-electron chi connectivity index (χ3n) is 6.24. The highest BCUT2D eigenvalue weighted by Gasteiger charge is 2.20. The Morgan fingerprint density at radius 3 is 2.03 bits per heavy atom. The summed E-state index contributed by atoms with van der Waals surface area (Å²) in [5.41, 5.74) is 3.49. The van der Waals surface area contributed by atoms with Gasteiger partial charge in [-0.1, -0.05) is 73.2 Å². The second kappa shape index (κ2) is 13.1. The number of aryl methyl sites for hydroxylation is 1. The van der Waals surface area contributed by atoms with Gasteiger partial charge in [0.05, 0.1) is 5.92 Å². The van der Waals surface area contributed by atoms with Gasteiger partial charge in [-0.05, 0) is 67.4 Å². The molecule has 3 amide bonds. The second-order valence-electron chi connectivity index (χ2n) is 9.02. The molecular weight excluding hydrogens is 474 g/mol. The minimum atomic E-state index is -0.282. The Labute approximate surface area is 224 Å². The van der Waals surface area contributed by atoms with Gasteiger partial charge in [-0.15, -0.1) is 0 Å². The van der Waals surface area contributed by atoms with Crippen LogP contribution in [-0.4, -0.2) is 25.0 Å². The Kier molecular flexibility index (Phi) is 9.13. The van der Waals surface area contributed by atoms with E-state index in [-0.39, 0.29) is 17.9 Å². The topological polar surface area (TPSA) is 70.7 Å². The van der Waals surface area contributed by atoms with E-state index in [1.165, 1.54) is 0 Å². The van der Waals surface area contributed by atoms with Crippen molar-refractivity contribution in [2.75, 3.05) is 23.3 Å². The maximum Gasteiger partial charge on any atom is 0.326 e. The lowest BCUT2D eigenvalue weighted by Crippen LogP contribution is -2.42. The first-order valence-corrected chi connectivity index (χ1v) is 12.8. The second-order valence-corrected chi connectivity index (χ2v) is 9.02. The van der Waals surface area contributed by atoms with Crippen molar-refractivity contribution in [1.82, 2.24) is 5.32 Å². The van der Waals surface area contributed by atoms with Crippen LogP contribution in [0.3, 0.4) is 0 Å². The van der Waals surface area contributed by atoms with Gasteiger partial charge in [-0.3, -0.25) is 9.69 Å². The third-order valence-corrected chi connectivity index (χ3v) is 6.24. The molecule has 6 nitrogen and oxygen atoms in total. The number of hydrogen-bond donors (Lipinski definition) is 2. The van der Waals surface area contributed by atoms with Crippen LogP contribution < -0.4 is 20.3 Å². The maximum atomic E-state index is 13.3. The van der Waals surface area contributed by atoms with Crippen LogP contribution in [0.2, 0.25) is 0 Å². The van der Waals surface area contributed by atoms with E-state index in [9.17, 15) is 9.59 Å². The van der Waals surface area contributed by atoms with Crippen LogP contribution in [0.25, 0.3) is 0 Å². The van der Waals surface area contributed by atoms with Crippen LogP contribution in [0.4, 0.5) is 16.2 Å². The van der Waals surface area contributed by atoms with Crippen LogP contribution >= 0.6 is 0 Å². The molecule has 0 aromatic heterocycles. The third kappa shape index (κ3) is 7.23. The fourth-order valence-electron chi connectivity index (χ4n) is 4.17. The molecule has 4 aromatic rings. The molecule has 4 rings (SSSR count). The number of amides is 3. The predicted octanol–water partition coefficient (Wildman–Crippen LogP) is 7.14. The van der Waals surface area contributed by atoms with E-state index in [1.807, 2.05) is 123 Å². The summed E-state index contributed by atoms with van der Waals surface area (Å²) in [6.07, 6.45) is 0.691. The molecule has 2 N–H and O–H groups in total. The van der Waals surface area contributed by atoms with Gasteiger partial charge in [0.1, 0.15) is 11.5 Å². The SMILES string of the molecule is CCC(C(=O)NCCN(C(=O)Nc1ccc(C)cc1)c1ccc(Oc2ccccc2)cc1)c1ccccc1. The summed E-state index contributed by atoms with van der Waals surface area (Å²) in [6, 6.07) is 34.0. The molecule has 0 saturated heterocycles. The van der Waals surface area contributed by atoms with E-state index in [4.69, 9.17) is 4.74 Å². The summed E-state index contributed by atoms with van der Waals surface area (Å²) >= 11 is 0. The molecule has 0 bridgehead atoms. The van der Waals surface area contributed by atoms with E-state index in [0.29, 0.717) is 36.6 Å². The van der Waals surface area contributed by atoms with E-state index in [2.05, 4.69) is 10.6 Å². The molecule has 6 heteroatoms. The lowest BCUT2D eigenvalue weighted by Gasteiger charge is -2.24. The van der Waals surface area contributed by atoms with E-state index >= 15 is 0 Å². The lowest BCUT2D eigenvalue weighted by molar-refractivity contribution is -0.122. The number of nitrogens with zero attached hydrogens (tertiary/aromatic N) is 1. The van der Waals surface area contributed by atoms with Crippen molar-refractivity contribution >= 4 is 23.3 Å². The number of nitrogens with one attached hydrogen (secondary N) is 2. The van der Waals surface area contributed by atoms with Gasteiger partial charge in [0, 0.05) is 24.5 Å². The van der Waals surface area contributed by atoms with Crippen molar-refractivity contribution < 1.29 is 14.3 Å². The minimum absolute atomic E-state index is 0.0517. The summed E-state index contributed by atoms with van der Waals surface area (Å²) in [5.74, 6) is 1.12. The molecule has 1 unspecified atom stereocenters. The smallest absolute Gasteiger partial charge is 0.326 e. The zero-order valence-electron chi connectivity index (χ0n) is 21.8. The Bertz CT molecular complexity index is 1310. The standard InChI is InChI=1S/C32H33N3O3/c1-3-30(25-10-6-4-7-11-25)31(36)33-22-23-35(32(37)34-26-16-14-24(2)15-17-26)27-18-20-29(21-19-27)38-28-12-8-5-9-13-28/h4-21,30H,3,22-23H2,1-2H3,(H,33,36)(H,34,37). The number of para-hydroxylation sites is 1. The molecule has 0 aliphatic heterocycles. The number of rotatable bonds is 10. The Morgan fingerprint density at radius 2 is 1.39 bits per heavy atom. The quantitative estimate of drug-likeness (QED) is 0.240. The molecular formula is C32H33N3O3. The number of carbonyl (C=O) groups excluding carboxylic acids is 2. The fraction of sp³-hybridized carbons (Fsp3) is 0.188. The van der Waals surface area contributed by atoms with Gasteiger partial charge in [0.25, 0.3) is 0 Å². The van der Waals surface area contributed by atoms with Gasteiger partial charge < -0.3 is 15.4 Å². The van der Waals surface area contributed by atoms with Crippen molar-refractivity contribution in [3.63, 3.8) is 0 Å². The molecule has 38 heavy (non-hydrogen) atoms. The van der Waals surface area contributed by atoms with Gasteiger partial charge in [-0.2, -0.15) is 0 Å². The van der Waals surface area contributed by atoms with Gasteiger partial charge >= 0.3 is 6.03 Å². The van der Waals surface area contributed by atoms with Crippen LogP contribution in [-0.2, 0) is 4.79 Å². The number of ether oxygens (including phenoxy) is 1. The summed E-state index contributed by atoms with van der Waals surface area (Å²) < 4.78 is 5.90. The highest BCUT2D eigenvalue weighted by Crippen LogP contribution is 2.25. The molecule has 0 heterocycles. The van der Waals surface area contributed by atoms with E-state index in [0.717, 1.165) is 16.9 Å². The highest BCUT2D eigenvalue weighted by molar-refractivity contribution is 6.01. The molecule has 0 spiro atoms. The van der Waals surface area contributed by atoms with Crippen molar-refractivity contribution in [3.05, 3.63) is 120 Å². The van der Waals surface area contributed by atoms with Crippen molar-refractivity contribution in [1.29, 1.82) is 0 Å². The molecule has 4 aromatic carbocycles. The number of hydrogen-bond acceptors (Lipinski definition) is 3. The fourth-order valence-corrected chi connectivity index (χ4v) is 4.17. The lowest BCUT2D eigenvalue weighted by atomic mass is 9.96. The summed E-state index contributed by atoms with van der Waals surface area (Å²) in [4.78, 5) is 27.9. The van der Waals surface area contributed by atoms with Crippen molar-refractivity contribution in [2.24, 2.45) is 0 Å². The Hall–Kier alpha value is -4.58. The van der Waals surface area contributed by atoms with Crippen LogP contribution in [0.1, 0.15) is 30.4 Å². The minimum Gasteiger partial charge on any atom is -0.457 e. The van der Waals surface area contributed by atoms with Crippen molar-refractivity contribution in [2.45, 2.75) is 26.2 Å². The largest absolute Gasteiger partial charge is 0.457 e. The predicted molar refractivity (Wildman–Crippen MR) is 153 cm³/mol. The molecule has 0 radical (unpaired) electrons. The number of benzene rings is 4. The van der Waals surface area contributed by atoms with Gasteiger partial charge in [-0.25, -0.2) is 4.79 Å². The van der Waals surface area contributed by atoms with Crippen molar-refractivity contribution in [3.8, 4) is 11.5 Å². The highest BCUT2D eigenvalue weighted by atomic mass is 16.5. The number of urea groups is 1. The molecule has 0 aliphatic rings. The molecule has 0 saturated carbocycles. The summed E-state index contributed by atoms with van der Waals surface area (Å²) in [5, 5.41) is 5.98. The van der Waals surface area contributed by atoms with E-state index in [1.54, 1.807) is 4.90 Å². The normalized spacial score (nSPS) is 11.3. The Morgan fingerprint density at radius 1 is 0.789 bits per heavy atom. The molecule has 0 aliphatic carbocycles. The molecule has 194 valence electrons. The van der Waals surface area contributed by atoms with Crippen LogP contribution in [0, 0.1) is 6.92 Å². The van der Waals surface area contributed by atoms with Gasteiger partial charge in [0.2, 0.25) is 5.91 Å². The Balaban J connectivity index is 1.46. The summed E-state index contributed by atoms with van der Waals surface area (Å²) in [6.45, 7) is 4.61. The maximum absolute atomic E-state index is 13.3. The van der Waals surface area contributed by atoms with E-state index < -0.39 is 0 Å². The first-order chi connectivity index (χ1) is 18.5. The van der Waals surface area contributed by atoms with Crippen LogP contribution in [0.15, 0.2) is 109 Å². The average Bonchev–Trinajstić information content (AvgIpc) is 2.94. The summed E-state index contributed by atoms with van der Waals surface area (Å²) in [7, 11) is 0. The number of anilines is 2. The zero-order chi connectivity index (χ0) is 26.7. The van der Waals surface area contributed by atoms with Crippen LogP contribution in [0.5, 0.6) is 11.5 Å². The number of carbonyl (C=O) groups is 2. The first-order valence-electron chi connectivity index (χ1n) is 12.8. The molecule has 1 atom stereocenters. The average molecular weight is 508 g/mol. The monoisotopic (exact) mass is 507 g/mol. The molecule has 0 fully saturated rings. The van der Waals surface area contributed by atoms with Gasteiger partial charge in [0.15, 0.2) is 0 Å².